The lowest BCUT2D eigenvalue weighted by atomic mass is 9.96. The van der Waals surface area contributed by atoms with Crippen molar-refractivity contribution in [1.29, 1.82) is 0 Å². The van der Waals surface area contributed by atoms with Crippen LogP contribution in [0.4, 0.5) is 4.39 Å². The van der Waals surface area contributed by atoms with Crippen LogP contribution < -0.4 is 0 Å². The van der Waals surface area contributed by atoms with Crippen molar-refractivity contribution >= 4 is 11.7 Å². The number of benzene rings is 2. The van der Waals surface area contributed by atoms with Gasteiger partial charge in [-0.3, -0.25) is 9.59 Å². The van der Waals surface area contributed by atoms with Crippen LogP contribution in [0.2, 0.25) is 0 Å². The summed E-state index contributed by atoms with van der Waals surface area (Å²) >= 11 is 0. The molecule has 2 aromatic carbocycles. The normalized spacial score (nSPS) is 17.1. The van der Waals surface area contributed by atoms with Gasteiger partial charge in [0, 0.05) is 37.8 Å². The minimum Gasteiger partial charge on any atom is -0.341 e. The number of rotatable bonds is 7. The van der Waals surface area contributed by atoms with Gasteiger partial charge >= 0.3 is 0 Å². The van der Waals surface area contributed by atoms with Gasteiger partial charge in [-0.05, 0) is 68.5 Å². The topological polar surface area (TPSA) is 40.6 Å². The third-order valence-corrected chi connectivity index (χ3v) is 5.65. The molecule has 5 heteroatoms. The van der Waals surface area contributed by atoms with Crippen molar-refractivity contribution in [2.45, 2.75) is 26.2 Å². The molecule has 1 aliphatic rings. The third kappa shape index (κ3) is 5.97. The number of hydrogen-bond donors (Lipinski definition) is 0. The van der Waals surface area contributed by atoms with Gasteiger partial charge in [0.15, 0.2) is 5.78 Å². The highest BCUT2D eigenvalue weighted by Gasteiger charge is 2.23. The highest BCUT2D eigenvalue weighted by atomic mass is 19.1. The van der Waals surface area contributed by atoms with Crippen LogP contribution in [0, 0.1) is 11.7 Å². The first-order valence-electron chi connectivity index (χ1n) is 10.3. The van der Waals surface area contributed by atoms with Crippen molar-refractivity contribution in [3.8, 4) is 0 Å². The Morgan fingerprint density at radius 2 is 1.72 bits per heavy atom. The summed E-state index contributed by atoms with van der Waals surface area (Å²) in [6, 6.07) is 13.6. The van der Waals surface area contributed by atoms with Gasteiger partial charge in [-0.25, -0.2) is 4.39 Å². The van der Waals surface area contributed by atoms with E-state index in [2.05, 4.69) is 4.90 Å². The maximum Gasteiger partial charge on any atom is 0.253 e. The molecule has 3 rings (SSSR count). The zero-order valence-electron chi connectivity index (χ0n) is 17.2. The van der Waals surface area contributed by atoms with Gasteiger partial charge in [-0.2, -0.15) is 0 Å². The van der Waals surface area contributed by atoms with Crippen LogP contribution in [0.5, 0.6) is 0 Å². The highest BCUT2D eigenvalue weighted by molar-refractivity contribution is 5.97. The molecule has 0 aliphatic carbocycles. The zero-order chi connectivity index (χ0) is 20.8. The Balaban J connectivity index is 1.50. The summed E-state index contributed by atoms with van der Waals surface area (Å²) in [5.74, 6) is 0.238. The van der Waals surface area contributed by atoms with E-state index in [1.165, 1.54) is 19.1 Å². The maximum atomic E-state index is 13.0. The molecule has 0 N–H and O–H groups in total. The SMILES string of the molecule is CC(=O)c1ccc(C(=O)N(C)C[C@H]2CCCN(CCc3ccc(F)cc3)C2)cc1. The first kappa shape index (κ1) is 21.2. The second-order valence-corrected chi connectivity index (χ2v) is 8.00. The maximum absolute atomic E-state index is 13.0. The lowest BCUT2D eigenvalue weighted by Gasteiger charge is -2.34. The van der Waals surface area contributed by atoms with Crippen molar-refractivity contribution in [3.63, 3.8) is 0 Å². The minimum absolute atomic E-state index is 0.000267. The second kappa shape index (κ2) is 9.79. The standard InChI is InChI=1S/C24H29FN2O2/c1-18(28)21-7-9-22(10-8-21)24(29)26(2)16-20-4-3-14-27(17-20)15-13-19-5-11-23(25)12-6-19/h5-12,20H,3-4,13-17H2,1-2H3/t20-/m1/s1. The first-order valence-corrected chi connectivity index (χ1v) is 10.3. The smallest absolute Gasteiger partial charge is 0.253 e. The Kier molecular flexibility index (Phi) is 7.15. The van der Waals surface area contributed by atoms with E-state index in [1.807, 2.05) is 19.2 Å². The molecule has 4 nitrogen and oxygen atoms in total. The number of amides is 1. The van der Waals surface area contributed by atoms with Gasteiger partial charge in [0.25, 0.3) is 5.91 Å². The molecule has 1 fully saturated rings. The Labute approximate surface area is 172 Å². The van der Waals surface area contributed by atoms with Crippen molar-refractivity contribution in [3.05, 3.63) is 71.0 Å². The molecule has 1 heterocycles. The molecule has 1 amide bonds. The number of hydrogen-bond acceptors (Lipinski definition) is 3. The van der Waals surface area contributed by atoms with E-state index in [-0.39, 0.29) is 17.5 Å². The molecule has 0 unspecified atom stereocenters. The molecule has 0 radical (unpaired) electrons. The Hall–Kier alpha value is -2.53. The van der Waals surface area contributed by atoms with Crippen LogP contribution in [-0.2, 0) is 6.42 Å². The fraction of sp³-hybridized carbons (Fsp3) is 0.417. The molecule has 0 aromatic heterocycles. The van der Waals surface area contributed by atoms with Crippen LogP contribution in [0.1, 0.15) is 46.0 Å². The Morgan fingerprint density at radius 1 is 1.07 bits per heavy atom. The van der Waals surface area contributed by atoms with E-state index in [0.717, 1.165) is 51.0 Å². The Morgan fingerprint density at radius 3 is 2.38 bits per heavy atom. The van der Waals surface area contributed by atoms with Crippen LogP contribution in [0.25, 0.3) is 0 Å². The van der Waals surface area contributed by atoms with E-state index in [1.54, 1.807) is 29.2 Å². The zero-order valence-corrected chi connectivity index (χ0v) is 17.2. The van der Waals surface area contributed by atoms with Crippen LogP contribution in [0.15, 0.2) is 48.5 Å². The summed E-state index contributed by atoms with van der Waals surface area (Å²) in [6.45, 7) is 5.24. The summed E-state index contributed by atoms with van der Waals surface area (Å²) in [7, 11) is 1.85. The number of halogens is 1. The van der Waals surface area contributed by atoms with Gasteiger partial charge < -0.3 is 9.80 Å². The summed E-state index contributed by atoms with van der Waals surface area (Å²) in [5, 5.41) is 0. The lowest BCUT2D eigenvalue weighted by Crippen LogP contribution is -2.42. The predicted octanol–water partition coefficient (Wildman–Crippen LogP) is 4.06. The second-order valence-electron chi connectivity index (χ2n) is 8.00. The largest absolute Gasteiger partial charge is 0.341 e. The molecule has 0 bridgehead atoms. The van der Waals surface area contributed by atoms with Gasteiger partial charge in [0.05, 0.1) is 0 Å². The average molecular weight is 397 g/mol. The van der Waals surface area contributed by atoms with Gasteiger partial charge in [-0.1, -0.05) is 24.3 Å². The minimum atomic E-state index is -0.199. The van der Waals surface area contributed by atoms with Gasteiger partial charge in [0.1, 0.15) is 5.82 Å². The molecule has 1 atom stereocenters. The first-order chi connectivity index (χ1) is 13.9. The monoisotopic (exact) mass is 396 g/mol. The molecule has 154 valence electrons. The van der Waals surface area contributed by atoms with E-state index < -0.39 is 0 Å². The molecule has 2 aromatic rings. The molecule has 29 heavy (non-hydrogen) atoms. The van der Waals surface area contributed by atoms with Crippen molar-refractivity contribution in [2.24, 2.45) is 5.92 Å². The lowest BCUT2D eigenvalue weighted by molar-refractivity contribution is 0.0730. The summed E-state index contributed by atoms with van der Waals surface area (Å²) in [6.07, 6.45) is 3.15. The van der Waals surface area contributed by atoms with Crippen molar-refractivity contribution in [1.82, 2.24) is 9.80 Å². The van der Waals surface area contributed by atoms with E-state index in [0.29, 0.717) is 17.0 Å². The fourth-order valence-electron chi connectivity index (χ4n) is 3.98. The number of piperidine rings is 1. The molecular weight excluding hydrogens is 367 g/mol. The molecular formula is C24H29FN2O2. The number of likely N-dealkylation sites (tertiary alicyclic amines) is 1. The van der Waals surface area contributed by atoms with Crippen molar-refractivity contribution in [2.75, 3.05) is 33.2 Å². The number of ketones is 1. The third-order valence-electron chi connectivity index (χ3n) is 5.65. The van der Waals surface area contributed by atoms with Crippen LogP contribution in [0.3, 0.4) is 0 Å². The molecule has 0 spiro atoms. The summed E-state index contributed by atoms with van der Waals surface area (Å²) in [4.78, 5) is 28.3. The predicted molar refractivity (Wildman–Crippen MR) is 113 cm³/mol. The van der Waals surface area contributed by atoms with Crippen LogP contribution in [-0.4, -0.2) is 54.7 Å². The van der Waals surface area contributed by atoms with Crippen LogP contribution >= 0.6 is 0 Å². The van der Waals surface area contributed by atoms with Crippen molar-refractivity contribution < 1.29 is 14.0 Å². The van der Waals surface area contributed by atoms with Gasteiger partial charge in [0.2, 0.25) is 0 Å². The molecule has 1 aliphatic heterocycles. The fourth-order valence-corrected chi connectivity index (χ4v) is 3.98. The number of nitrogens with zero attached hydrogens (tertiary/aromatic N) is 2. The van der Waals surface area contributed by atoms with Gasteiger partial charge in [-0.15, -0.1) is 0 Å². The highest BCUT2D eigenvalue weighted by Crippen LogP contribution is 2.19. The molecule has 1 saturated heterocycles. The summed E-state index contributed by atoms with van der Waals surface area (Å²) in [5.41, 5.74) is 2.38. The number of carbonyl (C=O) groups is 2. The quantitative estimate of drug-likeness (QED) is 0.663. The van der Waals surface area contributed by atoms with E-state index in [4.69, 9.17) is 0 Å². The average Bonchev–Trinajstić information content (AvgIpc) is 2.73. The molecule has 0 saturated carbocycles. The summed E-state index contributed by atoms with van der Waals surface area (Å²) < 4.78 is 13.0. The van der Waals surface area contributed by atoms with E-state index >= 15 is 0 Å². The van der Waals surface area contributed by atoms with E-state index in [9.17, 15) is 14.0 Å². The Bertz CT molecular complexity index is 833. The number of carbonyl (C=O) groups excluding carboxylic acids is 2. The number of Topliss-reactive ketones (excluding diaryl/α,β-unsaturated/α-hetero) is 1.